The topological polar surface area (TPSA) is 41.1 Å². The molecule has 0 radical (unpaired) electrons. The van der Waals surface area contributed by atoms with Crippen molar-refractivity contribution < 1.29 is 4.79 Å². The van der Waals surface area contributed by atoms with Gasteiger partial charge in [0.05, 0.1) is 6.54 Å². The Morgan fingerprint density at radius 2 is 2.11 bits per heavy atom. The van der Waals surface area contributed by atoms with Crippen LogP contribution in [0.4, 0.5) is 5.69 Å². The van der Waals surface area contributed by atoms with Crippen LogP contribution in [0.1, 0.15) is 32.8 Å². The second-order valence-corrected chi connectivity index (χ2v) is 5.31. The molecule has 1 aromatic rings. The van der Waals surface area contributed by atoms with Gasteiger partial charge in [-0.2, -0.15) is 0 Å². The number of aryl methyl sites for hydroxylation is 1. The molecule has 4 heteroatoms. The number of hydrogen-bond donors (Lipinski definition) is 2. The monoisotopic (exact) mass is 312 g/mol. The van der Waals surface area contributed by atoms with E-state index in [9.17, 15) is 4.79 Å². The predicted octanol–water partition coefficient (Wildman–Crippen LogP) is 3.34. The number of hydrogen-bond acceptors (Lipinski definition) is 2. The minimum atomic E-state index is 0.00678. The smallest absolute Gasteiger partial charge is 0.238 e. The molecule has 1 amide bonds. The molecule has 0 aliphatic carbocycles. The molecule has 0 spiro atoms. The Labute approximate surface area is 117 Å². The van der Waals surface area contributed by atoms with Crippen molar-refractivity contribution in [2.75, 3.05) is 11.9 Å². The van der Waals surface area contributed by atoms with Gasteiger partial charge >= 0.3 is 0 Å². The number of halogens is 1. The number of nitrogens with one attached hydrogen (secondary N) is 2. The lowest BCUT2D eigenvalue weighted by Crippen LogP contribution is -2.34. The van der Waals surface area contributed by atoms with Gasteiger partial charge in [0.25, 0.3) is 0 Å². The van der Waals surface area contributed by atoms with Crippen LogP contribution in [0.3, 0.4) is 0 Å². The summed E-state index contributed by atoms with van der Waals surface area (Å²) < 4.78 is 1.04. The van der Waals surface area contributed by atoms with Gasteiger partial charge in [-0.15, -0.1) is 0 Å². The summed E-state index contributed by atoms with van der Waals surface area (Å²) in [6.07, 6.45) is 1.92. The fraction of sp³-hybridized carbons (Fsp3) is 0.500. The molecular weight excluding hydrogens is 292 g/mol. The predicted molar refractivity (Wildman–Crippen MR) is 79.9 cm³/mol. The molecule has 18 heavy (non-hydrogen) atoms. The van der Waals surface area contributed by atoms with Crippen molar-refractivity contribution in [3.05, 3.63) is 28.2 Å². The third-order valence-corrected chi connectivity index (χ3v) is 3.44. The molecule has 0 heterocycles. The van der Waals surface area contributed by atoms with Crippen molar-refractivity contribution in [1.29, 1.82) is 0 Å². The number of rotatable bonds is 6. The van der Waals surface area contributed by atoms with Crippen LogP contribution in [0.5, 0.6) is 0 Å². The van der Waals surface area contributed by atoms with Crippen LogP contribution < -0.4 is 10.6 Å². The zero-order valence-electron chi connectivity index (χ0n) is 11.2. The molecule has 0 aromatic heterocycles. The highest BCUT2D eigenvalue weighted by Gasteiger charge is 2.07. The summed E-state index contributed by atoms with van der Waals surface area (Å²) >= 11 is 3.44. The SMILES string of the molecule is CCc1cc(Br)ccc1NC(=O)CNC(C)CC. The molecule has 2 N–H and O–H groups in total. The van der Waals surface area contributed by atoms with Crippen LogP contribution >= 0.6 is 15.9 Å². The first-order valence-electron chi connectivity index (χ1n) is 6.38. The van der Waals surface area contributed by atoms with E-state index in [1.165, 1.54) is 0 Å². The summed E-state index contributed by atoms with van der Waals surface area (Å²) in [5.74, 6) is 0.00678. The molecule has 0 fully saturated rings. The van der Waals surface area contributed by atoms with Gasteiger partial charge in [0.15, 0.2) is 0 Å². The first kappa shape index (κ1) is 15.2. The summed E-state index contributed by atoms with van der Waals surface area (Å²) in [7, 11) is 0. The molecule has 1 unspecified atom stereocenters. The average Bonchev–Trinajstić information content (AvgIpc) is 2.37. The zero-order chi connectivity index (χ0) is 13.5. The number of anilines is 1. The van der Waals surface area contributed by atoms with Crippen molar-refractivity contribution in [3.8, 4) is 0 Å². The van der Waals surface area contributed by atoms with Crippen molar-refractivity contribution >= 4 is 27.5 Å². The molecule has 1 atom stereocenters. The summed E-state index contributed by atoms with van der Waals surface area (Å²) in [5, 5.41) is 6.13. The summed E-state index contributed by atoms with van der Waals surface area (Å²) in [6.45, 7) is 6.60. The lowest BCUT2D eigenvalue weighted by Gasteiger charge is -2.13. The van der Waals surface area contributed by atoms with Gasteiger partial charge in [0, 0.05) is 16.2 Å². The molecule has 100 valence electrons. The van der Waals surface area contributed by atoms with Crippen molar-refractivity contribution in [2.45, 2.75) is 39.7 Å². The Morgan fingerprint density at radius 3 is 2.72 bits per heavy atom. The van der Waals surface area contributed by atoms with Crippen LogP contribution in [0.2, 0.25) is 0 Å². The molecule has 1 rings (SSSR count). The maximum Gasteiger partial charge on any atom is 0.238 e. The van der Waals surface area contributed by atoms with Crippen molar-refractivity contribution in [2.24, 2.45) is 0 Å². The number of benzene rings is 1. The quantitative estimate of drug-likeness (QED) is 0.846. The van der Waals surface area contributed by atoms with E-state index in [2.05, 4.69) is 47.3 Å². The molecule has 0 aliphatic heterocycles. The van der Waals surface area contributed by atoms with E-state index in [1.807, 2.05) is 18.2 Å². The number of amides is 1. The second kappa shape index (κ2) is 7.54. The molecule has 3 nitrogen and oxygen atoms in total. The maximum atomic E-state index is 11.8. The lowest BCUT2D eigenvalue weighted by molar-refractivity contribution is -0.115. The van der Waals surface area contributed by atoms with Gasteiger partial charge in [-0.05, 0) is 43.5 Å². The summed E-state index contributed by atoms with van der Waals surface area (Å²) in [6, 6.07) is 6.28. The van der Waals surface area contributed by atoms with Crippen molar-refractivity contribution in [1.82, 2.24) is 5.32 Å². The number of carbonyl (C=O) groups excluding carboxylic acids is 1. The van der Waals surface area contributed by atoms with Gasteiger partial charge in [-0.3, -0.25) is 4.79 Å². The standard InChI is InChI=1S/C14H21BrN2O/c1-4-10(3)16-9-14(18)17-13-7-6-12(15)8-11(13)5-2/h6-8,10,16H,4-5,9H2,1-3H3,(H,17,18). The van der Waals surface area contributed by atoms with Gasteiger partial charge in [-0.25, -0.2) is 0 Å². The molecule has 1 aromatic carbocycles. The van der Waals surface area contributed by atoms with Gasteiger partial charge in [0.1, 0.15) is 0 Å². The first-order valence-corrected chi connectivity index (χ1v) is 7.17. The Kier molecular flexibility index (Phi) is 6.36. The third-order valence-electron chi connectivity index (χ3n) is 2.95. The van der Waals surface area contributed by atoms with Crippen molar-refractivity contribution in [3.63, 3.8) is 0 Å². The fourth-order valence-electron chi connectivity index (χ4n) is 1.58. The highest BCUT2D eigenvalue weighted by molar-refractivity contribution is 9.10. The van der Waals surface area contributed by atoms with Gasteiger partial charge in [0.2, 0.25) is 5.91 Å². The van der Waals surface area contributed by atoms with E-state index in [4.69, 9.17) is 0 Å². The van der Waals surface area contributed by atoms with E-state index in [1.54, 1.807) is 0 Å². The Morgan fingerprint density at radius 1 is 1.39 bits per heavy atom. The van der Waals surface area contributed by atoms with E-state index >= 15 is 0 Å². The van der Waals surface area contributed by atoms with Crippen LogP contribution in [-0.2, 0) is 11.2 Å². The lowest BCUT2D eigenvalue weighted by atomic mass is 10.1. The molecule has 0 saturated carbocycles. The Hall–Kier alpha value is -0.870. The van der Waals surface area contributed by atoms with Crippen LogP contribution in [0, 0.1) is 0 Å². The second-order valence-electron chi connectivity index (χ2n) is 4.39. The highest BCUT2D eigenvalue weighted by Crippen LogP contribution is 2.21. The highest BCUT2D eigenvalue weighted by atomic mass is 79.9. The molecule has 0 aliphatic rings. The van der Waals surface area contributed by atoms with E-state index in [0.717, 1.165) is 28.6 Å². The molecule has 0 saturated heterocycles. The molecular formula is C14H21BrN2O. The molecule has 0 bridgehead atoms. The van der Waals surface area contributed by atoms with Crippen LogP contribution in [0.25, 0.3) is 0 Å². The first-order chi connectivity index (χ1) is 8.56. The Bertz CT molecular complexity index is 407. The zero-order valence-corrected chi connectivity index (χ0v) is 12.8. The average molecular weight is 313 g/mol. The van der Waals surface area contributed by atoms with E-state index < -0.39 is 0 Å². The summed E-state index contributed by atoms with van der Waals surface area (Å²) in [5.41, 5.74) is 2.04. The maximum absolute atomic E-state index is 11.8. The van der Waals surface area contributed by atoms with Crippen LogP contribution in [0.15, 0.2) is 22.7 Å². The minimum Gasteiger partial charge on any atom is -0.325 e. The normalized spacial score (nSPS) is 12.2. The van der Waals surface area contributed by atoms with E-state index in [-0.39, 0.29) is 5.91 Å². The fourth-order valence-corrected chi connectivity index (χ4v) is 1.99. The Balaban J connectivity index is 2.59. The number of carbonyl (C=O) groups is 1. The van der Waals surface area contributed by atoms with Gasteiger partial charge < -0.3 is 10.6 Å². The third kappa shape index (κ3) is 4.78. The largest absolute Gasteiger partial charge is 0.325 e. The summed E-state index contributed by atoms with van der Waals surface area (Å²) in [4.78, 5) is 11.8. The van der Waals surface area contributed by atoms with Gasteiger partial charge in [-0.1, -0.05) is 29.8 Å². The van der Waals surface area contributed by atoms with E-state index in [0.29, 0.717) is 12.6 Å². The minimum absolute atomic E-state index is 0.00678. The van der Waals surface area contributed by atoms with Crippen LogP contribution in [-0.4, -0.2) is 18.5 Å².